The molecular weight excluding hydrogens is 258 g/mol. The summed E-state index contributed by atoms with van der Waals surface area (Å²) < 4.78 is 2.34. The van der Waals surface area contributed by atoms with Gasteiger partial charge in [-0.2, -0.15) is 0 Å². The van der Waals surface area contributed by atoms with Crippen molar-refractivity contribution in [2.24, 2.45) is 0 Å². The highest BCUT2D eigenvalue weighted by Gasteiger charge is 2.16. The van der Waals surface area contributed by atoms with Crippen LogP contribution in [-0.4, -0.2) is 4.57 Å². The minimum Gasteiger partial charge on any atom is -0.333 e. The van der Waals surface area contributed by atoms with Gasteiger partial charge >= 0.3 is 0 Å². The van der Waals surface area contributed by atoms with Crippen molar-refractivity contribution in [1.29, 1.82) is 0 Å². The molecule has 0 aliphatic heterocycles. The molecule has 0 fully saturated rings. The smallest absolute Gasteiger partial charge is 0.197 e. The topological polar surface area (TPSA) is 22.0 Å². The van der Waals surface area contributed by atoms with E-state index in [0.29, 0.717) is 6.04 Å². The molecule has 0 saturated carbocycles. The Morgan fingerprint density at radius 2 is 1.52 bits per heavy atom. The van der Waals surface area contributed by atoms with Gasteiger partial charge in [0.25, 0.3) is 0 Å². The van der Waals surface area contributed by atoms with Gasteiger partial charge in [-0.1, -0.05) is 36.4 Å². The second kappa shape index (κ2) is 4.88. The van der Waals surface area contributed by atoms with Crippen molar-refractivity contribution in [3.05, 3.63) is 70.9 Å². The molecule has 1 unspecified atom stereocenters. The van der Waals surface area contributed by atoms with Gasteiger partial charge < -0.3 is 4.57 Å². The van der Waals surface area contributed by atoms with Crippen LogP contribution in [0.1, 0.15) is 25.3 Å². The Kier molecular flexibility index (Phi) is 2.88. The fraction of sp³-hybridized carbons (Fsp3) is 0.211. The van der Waals surface area contributed by atoms with Crippen LogP contribution in [0.25, 0.3) is 21.8 Å². The lowest BCUT2D eigenvalue weighted by Gasteiger charge is -2.24. The maximum atomic E-state index is 12.7. The van der Waals surface area contributed by atoms with Crippen molar-refractivity contribution in [1.82, 2.24) is 4.57 Å². The summed E-state index contributed by atoms with van der Waals surface area (Å²) in [5.41, 5.74) is 2.22. The summed E-state index contributed by atoms with van der Waals surface area (Å²) in [5.74, 6) is 0. The zero-order valence-electron chi connectivity index (χ0n) is 11.8. The zero-order valence-corrected chi connectivity index (χ0v) is 11.8. The number of para-hydroxylation sites is 2. The third-order valence-corrected chi connectivity index (χ3v) is 4.38. The van der Waals surface area contributed by atoms with Gasteiger partial charge in [0.2, 0.25) is 0 Å². The van der Waals surface area contributed by atoms with E-state index in [9.17, 15) is 4.79 Å². The molecule has 104 valence electrons. The van der Waals surface area contributed by atoms with Gasteiger partial charge in [-0.15, -0.1) is 0 Å². The molecule has 0 N–H and O–H groups in total. The van der Waals surface area contributed by atoms with Gasteiger partial charge in [-0.3, -0.25) is 4.79 Å². The quantitative estimate of drug-likeness (QED) is 0.475. The summed E-state index contributed by atoms with van der Waals surface area (Å²) in [7, 11) is 0. The molecule has 2 nitrogen and oxygen atoms in total. The van der Waals surface area contributed by atoms with Crippen LogP contribution in [0.15, 0.2) is 65.5 Å². The van der Waals surface area contributed by atoms with Crippen molar-refractivity contribution >= 4 is 21.8 Å². The van der Waals surface area contributed by atoms with Crippen LogP contribution < -0.4 is 5.43 Å². The standard InChI is InChI=1S/C19H17NO/c21-19-15-10-4-6-12-17(15)20(14-8-2-1-3-9-14)18-13-7-5-11-16(18)19/h2,4-8,10-14H,1,3,9H2. The van der Waals surface area contributed by atoms with Crippen molar-refractivity contribution in [2.45, 2.75) is 25.3 Å². The molecule has 0 amide bonds. The van der Waals surface area contributed by atoms with E-state index in [-0.39, 0.29) is 5.43 Å². The third kappa shape index (κ3) is 1.90. The molecule has 0 spiro atoms. The Morgan fingerprint density at radius 3 is 2.10 bits per heavy atom. The van der Waals surface area contributed by atoms with Crippen molar-refractivity contribution < 1.29 is 0 Å². The van der Waals surface area contributed by atoms with Gasteiger partial charge in [0, 0.05) is 10.8 Å². The van der Waals surface area contributed by atoms with E-state index in [4.69, 9.17) is 0 Å². The monoisotopic (exact) mass is 275 g/mol. The number of benzene rings is 2. The second-order valence-electron chi connectivity index (χ2n) is 5.66. The largest absolute Gasteiger partial charge is 0.333 e. The number of allylic oxidation sites excluding steroid dienone is 2. The average molecular weight is 275 g/mol. The predicted molar refractivity (Wildman–Crippen MR) is 87.7 cm³/mol. The van der Waals surface area contributed by atoms with E-state index in [1.54, 1.807) is 0 Å². The van der Waals surface area contributed by atoms with Crippen LogP contribution in [0.2, 0.25) is 0 Å². The van der Waals surface area contributed by atoms with Gasteiger partial charge in [0.1, 0.15) is 0 Å². The van der Waals surface area contributed by atoms with E-state index in [2.05, 4.69) is 28.9 Å². The van der Waals surface area contributed by atoms with Crippen molar-refractivity contribution in [3.8, 4) is 0 Å². The Labute approximate surface area is 123 Å². The van der Waals surface area contributed by atoms with E-state index in [1.807, 2.05) is 36.4 Å². The lowest BCUT2D eigenvalue weighted by Crippen LogP contribution is -2.16. The molecule has 1 aliphatic rings. The Balaban J connectivity index is 2.19. The second-order valence-corrected chi connectivity index (χ2v) is 5.66. The Bertz CT molecular complexity index is 844. The van der Waals surface area contributed by atoms with Crippen LogP contribution >= 0.6 is 0 Å². The lowest BCUT2D eigenvalue weighted by molar-refractivity contribution is 0.540. The maximum Gasteiger partial charge on any atom is 0.197 e. The first-order chi connectivity index (χ1) is 10.4. The Morgan fingerprint density at radius 1 is 0.905 bits per heavy atom. The normalized spacial score (nSPS) is 18.4. The summed E-state index contributed by atoms with van der Waals surface area (Å²) in [6, 6.07) is 16.3. The molecule has 0 radical (unpaired) electrons. The molecule has 0 bridgehead atoms. The highest BCUT2D eigenvalue weighted by Crippen LogP contribution is 2.29. The van der Waals surface area contributed by atoms with E-state index < -0.39 is 0 Å². The molecule has 3 aromatic rings. The van der Waals surface area contributed by atoms with Crippen LogP contribution in [0.3, 0.4) is 0 Å². The minimum absolute atomic E-state index is 0.136. The third-order valence-electron chi connectivity index (χ3n) is 4.38. The van der Waals surface area contributed by atoms with Crippen LogP contribution in [0, 0.1) is 0 Å². The number of rotatable bonds is 1. The molecule has 4 rings (SSSR count). The number of nitrogens with zero attached hydrogens (tertiary/aromatic N) is 1. The highest BCUT2D eigenvalue weighted by molar-refractivity contribution is 5.93. The number of aromatic nitrogens is 1. The molecule has 1 atom stereocenters. The SMILES string of the molecule is O=c1c2ccccc2n(C2C=CCCC2)c2ccccc12. The van der Waals surface area contributed by atoms with Crippen LogP contribution in [-0.2, 0) is 0 Å². The Hall–Kier alpha value is -2.35. The molecular formula is C19H17NO. The van der Waals surface area contributed by atoms with Crippen molar-refractivity contribution in [2.75, 3.05) is 0 Å². The summed E-state index contributed by atoms with van der Waals surface area (Å²) in [5, 5.41) is 1.63. The number of hydrogen-bond donors (Lipinski definition) is 0. The fourth-order valence-electron chi connectivity index (χ4n) is 3.39. The van der Waals surface area contributed by atoms with Gasteiger partial charge in [-0.05, 0) is 43.5 Å². The lowest BCUT2D eigenvalue weighted by atomic mass is 10.00. The van der Waals surface area contributed by atoms with E-state index in [1.165, 1.54) is 6.42 Å². The van der Waals surface area contributed by atoms with E-state index in [0.717, 1.165) is 34.6 Å². The van der Waals surface area contributed by atoms with E-state index >= 15 is 0 Å². The fourth-order valence-corrected chi connectivity index (χ4v) is 3.39. The predicted octanol–water partition coefficient (Wildman–Crippen LogP) is 4.44. The molecule has 2 heteroatoms. The first-order valence-electron chi connectivity index (χ1n) is 7.55. The first kappa shape index (κ1) is 12.4. The summed E-state index contributed by atoms with van der Waals surface area (Å²) in [4.78, 5) is 12.7. The molecule has 21 heavy (non-hydrogen) atoms. The molecule has 1 heterocycles. The average Bonchev–Trinajstić information content (AvgIpc) is 2.56. The number of fused-ring (bicyclic) bond motifs is 2. The number of pyridine rings is 1. The molecule has 1 aromatic heterocycles. The summed E-state index contributed by atoms with van der Waals surface area (Å²) in [6.07, 6.45) is 8.04. The highest BCUT2D eigenvalue weighted by atomic mass is 16.1. The van der Waals surface area contributed by atoms with Crippen LogP contribution in [0.5, 0.6) is 0 Å². The van der Waals surface area contributed by atoms with Gasteiger partial charge in [-0.25, -0.2) is 0 Å². The summed E-state index contributed by atoms with van der Waals surface area (Å²) >= 11 is 0. The minimum atomic E-state index is 0.136. The van der Waals surface area contributed by atoms with Gasteiger partial charge in [0.05, 0.1) is 17.1 Å². The molecule has 1 aliphatic carbocycles. The van der Waals surface area contributed by atoms with Crippen LogP contribution in [0.4, 0.5) is 0 Å². The number of hydrogen-bond acceptors (Lipinski definition) is 1. The van der Waals surface area contributed by atoms with Gasteiger partial charge in [0.15, 0.2) is 5.43 Å². The molecule has 2 aromatic carbocycles. The maximum absolute atomic E-state index is 12.7. The molecule has 0 saturated heterocycles. The first-order valence-corrected chi connectivity index (χ1v) is 7.55. The van der Waals surface area contributed by atoms with Crippen molar-refractivity contribution in [3.63, 3.8) is 0 Å². The summed E-state index contributed by atoms with van der Waals surface area (Å²) in [6.45, 7) is 0. The zero-order chi connectivity index (χ0) is 14.2.